The van der Waals surface area contributed by atoms with Crippen LogP contribution in [0.2, 0.25) is 0 Å². The minimum absolute atomic E-state index is 0.0349. The van der Waals surface area contributed by atoms with Gasteiger partial charge in [0, 0.05) is 11.1 Å². The molecule has 1 aromatic heterocycles. The molecule has 1 heterocycles. The summed E-state index contributed by atoms with van der Waals surface area (Å²) in [4.78, 5) is 28.0. The highest BCUT2D eigenvalue weighted by atomic mass is 32.2. The van der Waals surface area contributed by atoms with Crippen molar-refractivity contribution in [1.29, 1.82) is 0 Å². The van der Waals surface area contributed by atoms with Crippen LogP contribution in [0.1, 0.15) is 18.2 Å². The number of Topliss-reactive ketones (excluding diaryl/α,β-unsaturated/α-hetero) is 1. The van der Waals surface area contributed by atoms with E-state index in [-0.39, 0.29) is 17.4 Å². The molecule has 0 aliphatic heterocycles. The largest absolute Gasteiger partial charge is 0.345 e. The summed E-state index contributed by atoms with van der Waals surface area (Å²) in [5.41, 5.74) is 1.99. The van der Waals surface area contributed by atoms with E-state index in [0.29, 0.717) is 6.42 Å². The van der Waals surface area contributed by atoms with Crippen LogP contribution in [-0.4, -0.2) is 28.5 Å². The molecule has 0 aliphatic carbocycles. The second-order valence-corrected chi connectivity index (χ2v) is 7.04. The molecule has 0 aliphatic rings. The molecule has 1 N–H and O–H groups in total. The number of hydrogen-bond acceptors (Lipinski definition) is 5. The summed E-state index contributed by atoms with van der Waals surface area (Å²) in [6.45, 7) is 3.43. The molecule has 2 aromatic rings. The van der Waals surface area contributed by atoms with Gasteiger partial charge in [-0.2, -0.15) is 0 Å². The molecule has 1 aromatic carbocycles. The number of ketones is 1. The molecule has 4 nitrogen and oxygen atoms in total. The van der Waals surface area contributed by atoms with Crippen LogP contribution in [0, 0.1) is 6.92 Å². The Hall–Kier alpha value is -1.66. The highest BCUT2D eigenvalue weighted by molar-refractivity contribution is 8.01. The van der Waals surface area contributed by atoms with E-state index in [1.54, 1.807) is 0 Å². The number of amides is 1. The minimum atomic E-state index is -0.478. The number of aromatic nitrogens is 1. The van der Waals surface area contributed by atoms with Gasteiger partial charge in [-0.1, -0.05) is 42.1 Å². The van der Waals surface area contributed by atoms with Crippen molar-refractivity contribution in [3.05, 3.63) is 47.0 Å². The van der Waals surface area contributed by atoms with Gasteiger partial charge in [0.15, 0.2) is 10.1 Å². The van der Waals surface area contributed by atoms with Crippen LogP contribution in [0.5, 0.6) is 0 Å². The number of thiazole rings is 1. The number of nitrogens with one attached hydrogen (secondary N) is 1. The number of nitrogens with zero attached hydrogens (tertiary/aromatic N) is 1. The van der Waals surface area contributed by atoms with Gasteiger partial charge in [0.05, 0.1) is 11.8 Å². The SMILES string of the molecule is CC(=O)[C@H](Cc1ccccc1)NC(=O)CSc1nc(C)cs1. The number of thioether (sulfide) groups is 1. The number of hydrogen-bond donors (Lipinski definition) is 1. The number of carbonyl (C=O) groups is 2. The molecule has 1 atom stereocenters. The molecule has 0 fully saturated rings. The molecular weight excluding hydrogens is 316 g/mol. The third-order valence-electron chi connectivity index (χ3n) is 3.03. The van der Waals surface area contributed by atoms with Gasteiger partial charge < -0.3 is 5.32 Å². The van der Waals surface area contributed by atoms with E-state index >= 15 is 0 Å². The second kappa shape index (κ2) is 8.10. The van der Waals surface area contributed by atoms with Crippen molar-refractivity contribution in [2.75, 3.05) is 5.75 Å². The Morgan fingerprint density at radius 2 is 2.05 bits per heavy atom. The Morgan fingerprint density at radius 1 is 1.32 bits per heavy atom. The maximum Gasteiger partial charge on any atom is 0.231 e. The van der Waals surface area contributed by atoms with Crippen molar-refractivity contribution in [1.82, 2.24) is 10.3 Å². The van der Waals surface area contributed by atoms with Crippen LogP contribution in [0.3, 0.4) is 0 Å². The molecule has 0 bridgehead atoms. The molecule has 2 rings (SSSR count). The zero-order valence-corrected chi connectivity index (χ0v) is 14.2. The maximum atomic E-state index is 12.0. The van der Waals surface area contributed by atoms with Crippen molar-refractivity contribution >= 4 is 34.8 Å². The molecule has 0 spiro atoms. The van der Waals surface area contributed by atoms with Crippen LogP contribution in [0.25, 0.3) is 0 Å². The van der Waals surface area contributed by atoms with Crippen molar-refractivity contribution < 1.29 is 9.59 Å². The molecule has 0 saturated heterocycles. The first-order valence-corrected chi connectivity index (χ1v) is 8.80. The normalized spacial score (nSPS) is 11.9. The summed E-state index contributed by atoms with van der Waals surface area (Å²) in [6.07, 6.45) is 0.517. The first-order chi connectivity index (χ1) is 10.5. The summed E-state index contributed by atoms with van der Waals surface area (Å²) in [5, 5.41) is 4.76. The Labute approximate surface area is 138 Å². The maximum absolute atomic E-state index is 12.0. The molecule has 116 valence electrons. The lowest BCUT2D eigenvalue weighted by Crippen LogP contribution is -2.42. The van der Waals surface area contributed by atoms with Gasteiger partial charge in [-0.25, -0.2) is 4.98 Å². The highest BCUT2D eigenvalue weighted by Gasteiger charge is 2.17. The smallest absolute Gasteiger partial charge is 0.231 e. The van der Waals surface area contributed by atoms with Crippen LogP contribution in [-0.2, 0) is 16.0 Å². The van der Waals surface area contributed by atoms with Gasteiger partial charge in [-0.3, -0.25) is 9.59 Å². The second-order valence-electron chi connectivity index (χ2n) is 4.96. The average Bonchev–Trinajstić information content (AvgIpc) is 2.91. The lowest BCUT2D eigenvalue weighted by Gasteiger charge is -2.15. The minimum Gasteiger partial charge on any atom is -0.345 e. The van der Waals surface area contributed by atoms with E-state index in [4.69, 9.17) is 0 Å². The van der Waals surface area contributed by atoms with Crippen LogP contribution in [0.15, 0.2) is 40.1 Å². The van der Waals surface area contributed by atoms with E-state index < -0.39 is 6.04 Å². The lowest BCUT2D eigenvalue weighted by molar-refractivity contribution is -0.125. The monoisotopic (exact) mass is 334 g/mol. The van der Waals surface area contributed by atoms with E-state index in [1.165, 1.54) is 30.0 Å². The topological polar surface area (TPSA) is 59.1 Å². The van der Waals surface area contributed by atoms with Gasteiger partial charge >= 0.3 is 0 Å². The summed E-state index contributed by atoms with van der Waals surface area (Å²) in [6, 6.07) is 9.21. The molecule has 0 saturated carbocycles. The van der Waals surface area contributed by atoms with Gasteiger partial charge in [0.25, 0.3) is 0 Å². The van der Waals surface area contributed by atoms with Crippen molar-refractivity contribution in [2.45, 2.75) is 30.6 Å². The number of rotatable bonds is 7. The molecule has 0 radical (unpaired) electrons. The number of carbonyl (C=O) groups excluding carboxylic acids is 2. The van der Waals surface area contributed by atoms with E-state index in [0.717, 1.165) is 15.6 Å². The zero-order valence-electron chi connectivity index (χ0n) is 12.5. The van der Waals surface area contributed by atoms with Gasteiger partial charge in [-0.15, -0.1) is 11.3 Å². The predicted octanol–water partition coefficient (Wildman–Crippen LogP) is 2.86. The summed E-state index contributed by atoms with van der Waals surface area (Å²) >= 11 is 2.92. The lowest BCUT2D eigenvalue weighted by atomic mass is 10.0. The number of aryl methyl sites for hydroxylation is 1. The summed E-state index contributed by atoms with van der Waals surface area (Å²) in [5.74, 6) is 0.0900. The summed E-state index contributed by atoms with van der Waals surface area (Å²) in [7, 11) is 0. The average molecular weight is 334 g/mol. The van der Waals surface area contributed by atoms with Crippen LogP contribution >= 0.6 is 23.1 Å². The van der Waals surface area contributed by atoms with Crippen molar-refractivity contribution in [2.24, 2.45) is 0 Å². The first-order valence-electron chi connectivity index (χ1n) is 6.93. The van der Waals surface area contributed by atoms with Crippen molar-refractivity contribution in [3.8, 4) is 0 Å². The zero-order chi connectivity index (χ0) is 15.9. The Kier molecular flexibility index (Phi) is 6.15. The van der Waals surface area contributed by atoms with Gasteiger partial charge in [0.2, 0.25) is 5.91 Å². The molecule has 1 amide bonds. The molecule has 6 heteroatoms. The Morgan fingerprint density at radius 3 is 2.64 bits per heavy atom. The van der Waals surface area contributed by atoms with E-state index in [1.807, 2.05) is 42.6 Å². The summed E-state index contributed by atoms with van der Waals surface area (Å²) < 4.78 is 0.870. The van der Waals surface area contributed by atoms with E-state index in [2.05, 4.69) is 10.3 Å². The standard InChI is InChI=1S/C16H18N2O2S2/c1-11-9-21-16(17-11)22-10-15(20)18-14(12(2)19)8-13-6-4-3-5-7-13/h3-7,9,14H,8,10H2,1-2H3,(H,18,20)/t14-/m0/s1. The Bertz CT molecular complexity index is 641. The first kappa shape index (κ1) is 16.7. The molecular formula is C16H18N2O2S2. The molecule has 0 unspecified atom stereocenters. The van der Waals surface area contributed by atoms with Gasteiger partial charge in [0.1, 0.15) is 0 Å². The van der Waals surface area contributed by atoms with Crippen molar-refractivity contribution in [3.63, 3.8) is 0 Å². The fraction of sp³-hybridized carbons (Fsp3) is 0.312. The third-order valence-corrected chi connectivity index (χ3v) is 5.17. The number of benzene rings is 1. The molecule has 22 heavy (non-hydrogen) atoms. The predicted molar refractivity (Wildman–Crippen MR) is 90.3 cm³/mol. The quantitative estimate of drug-likeness (QED) is 0.791. The van der Waals surface area contributed by atoms with E-state index in [9.17, 15) is 9.59 Å². The Balaban J connectivity index is 1.87. The van der Waals surface area contributed by atoms with Crippen LogP contribution < -0.4 is 5.32 Å². The third kappa shape index (κ3) is 5.27. The van der Waals surface area contributed by atoms with Gasteiger partial charge in [-0.05, 0) is 25.8 Å². The fourth-order valence-electron chi connectivity index (χ4n) is 1.91. The van der Waals surface area contributed by atoms with Crippen LogP contribution in [0.4, 0.5) is 0 Å². The fourth-order valence-corrected chi connectivity index (χ4v) is 3.57. The highest BCUT2D eigenvalue weighted by Crippen LogP contribution is 2.21.